The van der Waals surface area contributed by atoms with E-state index >= 15 is 0 Å². The van der Waals surface area contributed by atoms with E-state index in [2.05, 4.69) is 19.2 Å². The molecule has 0 aliphatic carbocycles. The number of nitrogens with two attached hydrogens (primary N) is 1. The number of rotatable bonds is 9. The molecule has 1 aromatic carbocycles. The molecule has 3 N–H and O–H groups in total. The number of carbonyl (C=O) groups excluding carboxylic acids is 1. The first-order chi connectivity index (χ1) is 10.0. The highest BCUT2D eigenvalue weighted by Gasteiger charge is 2.11. The van der Waals surface area contributed by atoms with Gasteiger partial charge in [0.15, 0.2) is 0 Å². The zero-order valence-corrected chi connectivity index (χ0v) is 13.1. The van der Waals surface area contributed by atoms with Gasteiger partial charge in [0.05, 0.1) is 19.1 Å². The molecule has 1 amide bonds. The van der Waals surface area contributed by atoms with E-state index in [1.807, 2.05) is 24.3 Å². The van der Waals surface area contributed by atoms with Gasteiger partial charge in [-0.15, -0.1) is 0 Å². The molecular weight excluding hydrogens is 268 g/mol. The van der Waals surface area contributed by atoms with Gasteiger partial charge in [0.25, 0.3) is 0 Å². The molecule has 0 radical (unpaired) electrons. The van der Waals surface area contributed by atoms with Crippen molar-refractivity contribution < 1.29 is 14.3 Å². The molecule has 0 bridgehead atoms. The standard InChI is InChI=1S/C16H26N2O3/c1-12(2)11-21-14-6-4-5-13(7-14)10-18-16(19)8-15(9-17)20-3/h4-7,12,15H,8-11,17H2,1-3H3,(H,18,19). The maximum absolute atomic E-state index is 11.8. The summed E-state index contributed by atoms with van der Waals surface area (Å²) in [7, 11) is 1.56. The Balaban J connectivity index is 2.44. The molecule has 0 spiro atoms. The van der Waals surface area contributed by atoms with E-state index < -0.39 is 0 Å². The molecule has 1 unspecified atom stereocenters. The van der Waals surface area contributed by atoms with Crippen LogP contribution in [0.5, 0.6) is 5.75 Å². The first-order valence-electron chi connectivity index (χ1n) is 7.26. The second-order valence-electron chi connectivity index (χ2n) is 5.43. The van der Waals surface area contributed by atoms with Crippen molar-refractivity contribution in [2.75, 3.05) is 20.3 Å². The fraction of sp³-hybridized carbons (Fsp3) is 0.562. The molecule has 0 heterocycles. The molecule has 0 saturated heterocycles. The Morgan fingerprint density at radius 1 is 1.38 bits per heavy atom. The van der Waals surface area contributed by atoms with E-state index in [4.69, 9.17) is 15.2 Å². The highest BCUT2D eigenvalue weighted by molar-refractivity contribution is 5.76. The third kappa shape index (κ3) is 7.11. The van der Waals surface area contributed by atoms with Crippen LogP contribution in [0.4, 0.5) is 0 Å². The Morgan fingerprint density at radius 2 is 2.14 bits per heavy atom. The Morgan fingerprint density at radius 3 is 2.76 bits per heavy atom. The molecule has 21 heavy (non-hydrogen) atoms. The van der Waals surface area contributed by atoms with Gasteiger partial charge in [-0.3, -0.25) is 4.79 Å². The highest BCUT2D eigenvalue weighted by atomic mass is 16.5. The minimum atomic E-state index is -0.231. The van der Waals surface area contributed by atoms with Crippen LogP contribution < -0.4 is 15.8 Å². The van der Waals surface area contributed by atoms with Crippen LogP contribution in [0.2, 0.25) is 0 Å². The summed E-state index contributed by atoms with van der Waals surface area (Å²) in [6.07, 6.45) is 0.0435. The van der Waals surface area contributed by atoms with Crippen LogP contribution in [-0.4, -0.2) is 32.3 Å². The Hall–Kier alpha value is -1.59. The lowest BCUT2D eigenvalue weighted by molar-refractivity contribution is -0.123. The summed E-state index contributed by atoms with van der Waals surface area (Å²) in [5.74, 6) is 1.24. The van der Waals surface area contributed by atoms with Crippen LogP contribution in [0.1, 0.15) is 25.8 Å². The van der Waals surface area contributed by atoms with E-state index in [1.54, 1.807) is 7.11 Å². The smallest absolute Gasteiger partial charge is 0.222 e. The quantitative estimate of drug-likeness (QED) is 0.727. The summed E-state index contributed by atoms with van der Waals surface area (Å²) >= 11 is 0. The van der Waals surface area contributed by atoms with Gasteiger partial charge in [0.1, 0.15) is 5.75 Å². The molecule has 1 atom stereocenters. The van der Waals surface area contributed by atoms with Crippen LogP contribution in [0, 0.1) is 5.92 Å². The number of nitrogens with one attached hydrogen (secondary N) is 1. The summed E-state index contributed by atoms with van der Waals surface area (Å²) < 4.78 is 10.8. The number of amides is 1. The normalized spacial score (nSPS) is 12.2. The summed E-state index contributed by atoms with van der Waals surface area (Å²) in [6.45, 7) is 5.70. The van der Waals surface area contributed by atoms with Crippen LogP contribution in [-0.2, 0) is 16.1 Å². The fourth-order valence-electron chi connectivity index (χ4n) is 1.75. The van der Waals surface area contributed by atoms with Crippen molar-refractivity contribution in [1.82, 2.24) is 5.32 Å². The topological polar surface area (TPSA) is 73.6 Å². The van der Waals surface area contributed by atoms with E-state index in [0.717, 1.165) is 11.3 Å². The minimum absolute atomic E-state index is 0.0687. The molecule has 5 nitrogen and oxygen atoms in total. The molecule has 1 rings (SSSR count). The Bertz CT molecular complexity index is 431. The average Bonchev–Trinajstić information content (AvgIpc) is 2.49. The van der Waals surface area contributed by atoms with Crippen molar-refractivity contribution in [3.05, 3.63) is 29.8 Å². The monoisotopic (exact) mass is 294 g/mol. The predicted octanol–water partition coefficient (Wildman–Crippen LogP) is 1.70. The van der Waals surface area contributed by atoms with Crippen LogP contribution in [0.25, 0.3) is 0 Å². The van der Waals surface area contributed by atoms with Crippen molar-refractivity contribution >= 4 is 5.91 Å². The zero-order chi connectivity index (χ0) is 15.7. The molecule has 118 valence electrons. The number of benzene rings is 1. The third-order valence-electron chi connectivity index (χ3n) is 2.98. The zero-order valence-electron chi connectivity index (χ0n) is 13.1. The molecule has 0 aromatic heterocycles. The second kappa shape index (κ2) is 9.37. The lowest BCUT2D eigenvalue weighted by Gasteiger charge is -2.13. The van der Waals surface area contributed by atoms with E-state index in [-0.39, 0.29) is 18.4 Å². The van der Waals surface area contributed by atoms with Crippen molar-refractivity contribution in [3.63, 3.8) is 0 Å². The van der Waals surface area contributed by atoms with Gasteiger partial charge in [-0.05, 0) is 23.6 Å². The first kappa shape index (κ1) is 17.5. The molecule has 0 fully saturated rings. The number of ether oxygens (including phenoxy) is 2. The third-order valence-corrected chi connectivity index (χ3v) is 2.98. The molecule has 0 aliphatic rings. The maximum Gasteiger partial charge on any atom is 0.222 e. The molecule has 5 heteroatoms. The predicted molar refractivity (Wildman–Crippen MR) is 83.1 cm³/mol. The number of carbonyl (C=O) groups is 1. The van der Waals surface area contributed by atoms with Crippen molar-refractivity contribution in [2.24, 2.45) is 11.7 Å². The van der Waals surface area contributed by atoms with Gasteiger partial charge < -0.3 is 20.5 Å². The molecule has 1 aromatic rings. The van der Waals surface area contributed by atoms with Gasteiger partial charge in [-0.1, -0.05) is 26.0 Å². The number of hydrogen-bond acceptors (Lipinski definition) is 4. The molecule has 0 aliphatic heterocycles. The van der Waals surface area contributed by atoms with Gasteiger partial charge >= 0.3 is 0 Å². The first-order valence-corrected chi connectivity index (χ1v) is 7.26. The fourth-order valence-corrected chi connectivity index (χ4v) is 1.75. The van der Waals surface area contributed by atoms with E-state index in [9.17, 15) is 4.79 Å². The Kier molecular flexibility index (Phi) is 7.79. The lowest BCUT2D eigenvalue weighted by atomic mass is 10.2. The van der Waals surface area contributed by atoms with Crippen molar-refractivity contribution in [2.45, 2.75) is 32.9 Å². The van der Waals surface area contributed by atoms with Gasteiger partial charge in [0.2, 0.25) is 5.91 Å². The van der Waals surface area contributed by atoms with E-state index in [1.165, 1.54) is 0 Å². The summed E-state index contributed by atoms with van der Waals surface area (Å²) in [4.78, 5) is 11.8. The Labute approximate surface area is 126 Å². The highest BCUT2D eigenvalue weighted by Crippen LogP contribution is 2.14. The number of hydrogen-bond donors (Lipinski definition) is 2. The maximum atomic E-state index is 11.8. The van der Waals surface area contributed by atoms with Crippen LogP contribution in [0.3, 0.4) is 0 Å². The largest absolute Gasteiger partial charge is 0.493 e. The molecular formula is C16H26N2O3. The van der Waals surface area contributed by atoms with Crippen molar-refractivity contribution in [3.8, 4) is 5.75 Å². The summed E-state index contributed by atoms with van der Waals surface area (Å²) in [5.41, 5.74) is 6.50. The second-order valence-corrected chi connectivity index (χ2v) is 5.43. The molecule has 0 saturated carbocycles. The average molecular weight is 294 g/mol. The van der Waals surface area contributed by atoms with Gasteiger partial charge in [0, 0.05) is 20.2 Å². The van der Waals surface area contributed by atoms with Crippen LogP contribution in [0.15, 0.2) is 24.3 Å². The van der Waals surface area contributed by atoms with E-state index in [0.29, 0.717) is 25.6 Å². The van der Waals surface area contributed by atoms with Crippen molar-refractivity contribution in [1.29, 1.82) is 0 Å². The summed E-state index contributed by atoms with van der Waals surface area (Å²) in [6, 6.07) is 7.75. The summed E-state index contributed by atoms with van der Waals surface area (Å²) in [5, 5.41) is 2.86. The minimum Gasteiger partial charge on any atom is -0.493 e. The lowest BCUT2D eigenvalue weighted by Crippen LogP contribution is -2.31. The SMILES string of the molecule is COC(CN)CC(=O)NCc1cccc(OCC(C)C)c1. The number of methoxy groups -OCH3 is 1. The van der Waals surface area contributed by atoms with Gasteiger partial charge in [-0.2, -0.15) is 0 Å². The van der Waals surface area contributed by atoms with Gasteiger partial charge in [-0.25, -0.2) is 0 Å². The van der Waals surface area contributed by atoms with Crippen LogP contribution >= 0.6 is 0 Å².